The van der Waals surface area contributed by atoms with Crippen molar-refractivity contribution in [1.82, 2.24) is 9.46 Å². The summed E-state index contributed by atoms with van der Waals surface area (Å²) in [4.78, 5) is 0.372. The van der Waals surface area contributed by atoms with Crippen LogP contribution in [0.2, 0.25) is 0 Å². The third-order valence-corrected chi connectivity index (χ3v) is 5.94. The van der Waals surface area contributed by atoms with Crippen LogP contribution in [-0.4, -0.2) is 24.4 Å². The molecule has 0 unspecified atom stereocenters. The van der Waals surface area contributed by atoms with Crippen molar-refractivity contribution >= 4 is 10.0 Å². The first kappa shape index (κ1) is 14.3. The Kier molecular flexibility index (Phi) is 3.59. The molecule has 6 heteroatoms. The molecule has 0 amide bonds. The molecule has 0 aliphatic carbocycles. The van der Waals surface area contributed by atoms with Gasteiger partial charge in [-0.3, -0.25) is 0 Å². The Labute approximate surface area is 124 Å². The fourth-order valence-electron chi connectivity index (χ4n) is 2.84. The van der Waals surface area contributed by atoms with Gasteiger partial charge in [0.05, 0.1) is 10.9 Å². The van der Waals surface area contributed by atoms with E-state index in [4.69, 9.17) is 4.52 Å². The molecule has 0 spiro atoms. The van der Waals surface area contributed by atoms with E-state index >= 15 is 0 Å². The molecule has 21 heavy (non-hydrogen) atoms. The SMILES string of the molecule is Cc1cc([C@H]2CCCN2S(=O)(=O)c2ccccc2C)no1. The van der Waals surface area contributed by atoms with E-state index in [1.807, 2.05) is 32.0 Å². The highest BCUT2D eigenvalue weighted by Gasteiger charge is 2.38. The molecule has 1 atom stereocenters. The predicted octanol–water partition coefficient (Wildman–Crippen LogP) is 2.82. The van der Waals surface area contributed by atoms with Gasteiger partial charge in [0.1, 0.15) is 11.5 Å². The maximum Gasteiger partial charge on any atom is 0.243 e. The number of aryl methyl sites for hydroxylation is 2. The molecule has 1 aliphatic rings. The Morgan fingerprint density at radius 3 is 2.71 bits per heavy atom. The van der Waals surface area contributed by atoms with E-state index in [1.54, 1.807) is 16.4 Å². The first-order valence-corrected chi connectivity index (χ1v) is 8.45. The van der Waals surface area contributed by atoms with E-state index in [-0.39, 0.29) is 6.04 Å². The highest BCUT2D eigenvalue weighted by Crippen LogP contribution is 2.36. The van der Waals surface area contributed by atoms with Crippen LogP contribution in [0.25, 0.3) is 0 Å². The molecule has 0 N–H and O–H groups in total. The Bertz CT molecular complexity index is 752. The van der Waals surface area contributed by atoms with Crippen LogP contribution in [0.3, 0.4) is 0 Å². The minimum atomic E-state index is -3.51. The summed E-state index contributed by atoms with van der Waals surface area (Å²) in [5.41, 5.74) is 1.46. The average Bonchev–Trinajstić information content (AvgIpc) is 3.07. The Hall–Kier alpha value is -1.66. The predicted molar refractivity (Wildman–Crippen MR) is 78.3 cm³/mol. The highest BCUT2D eigenvalue weighted by molar-refractivity contribution is 7.89. The summed E-state index contributed by atoms with van der Waals surface area (Å²) in [5, 5.41) is 4.00. The molecule has 112 valence electrons. The van der Waals surface area contributed by atoms with E-state index in [0.717, 1.165) is 18.4 Å². The maximum atomic E-state index is 12.9. The number of nitrogens with zero attached hydrogens (tertiary/aromatic N) is 2. The highest BCUT2D eigenvalue weighted by atomic mass is 32.2. The van der Waals surface area contributed by atoms with Crippen molar-refractivity contribution in [3.05, 3.63) is 47.3 Å². The Balaban J connectivity index is 2.00. The molecule has 0 bridgehead atoms. The summed E-state index contributed by atoms with van der Waals surface area (Å²) in [6.07, 6.45) is 1.61. The molecule has 1 aromatic heterocycles. The first-order valence-electron chi connectivity index (χ1n) is 7.01. The molecular formula is C15H18N2O3S. The topological polar surface area (TPSA) is 63.4 Å². The van der Waals surface area contributed by atoms with Crippen LogP contribution in [0, 0.1) is 13.8 Å². The minimum absolute atomic E-state index is 0.230. The van der Waals surface area contributed by atoms with Gasteiger partial charge in [-0.1, -0.05) is 23.4 Å². The summed E-state index contributed by atoms with van der Waals surface area (Å²) >= 11 is 0. The Morgan fingerprint density at radius 1 is 1.29 bits per heavy atom. The lowest BCUT2D eigenvalue weighted by Gasteiger charge is -2.23. The fourth-order valence-corrected chi connectivity index (χ4v) is 4.73. The average molecular weight is 306 g/mol. The smallest absolute Gasteiger partial charge is 0.243 e. The number of benzene rings is 1. The van der Waals surface area contributed by atoms with Crippen LogP contribution in [-0.2, 0) is 10.0 Å². The zero-order valence-corrected chi connectivity index (χ0v) is 12.9. The van der Waals surface area contributed by atoms with Gasteiger partial charge in [0.2, 0.25) is 10.0 Å². The number of hydrogen-bond acceptors (Lipinski definition) is 4. The van der Waals surface area contributed by atoms with E-state index in [9.17, 15) is 8.42 Å². The van der Waals surface area contributed by atoms with Crippen LogP contribution >= 0.6 is 0 Å². The van der Waals surface area contributed by atoms with E-state index in [0.29, 0.717) is 22.9 Å². The normalized spacial score (nSPS) is 20.0. The van der Waals surface area contributed by atoms with Gasteiger partial charge in [-0.05, 0) is 38.3 Å². The zero-order valence-electron chi connectivity index (χ0n) is 12.1. The summed E-state index contributed by atoms with van der Waals surface area (Å²) in [6.45, 7) is 4.15. The van der Waals surface area contributed by atoms with Crippen molar-refractivity contribution < 1.29 is 12.9 Å². The number of rotatable bonds is 3. The molecular weight excluding hydrogens is 288 g/mol. The molecule has 0 radical (unpaired) electrons. The molecule has 5 nitrogen and oxygen atoms in total. The van der Waals surface area contributed by atoms with Gasteiger partial charge < -0.3 is 4.52 Å². The van der Waals surface area contributed by atoms with Gasteiger partial charge >= 0.3 is 0 Å². The van der Waals surface area contributed by atoms with Gasteiger partial charge in [-0.25, -0.2) is 8.42 Å². The van der Waals surface area contributed by atoms with E-state index in [2.05, 4.69) is 5.16 Å². The lowest BCUT2D eigenvalue weighted by molar-refractivity contribution is 0.349. The van der Waals surface area contributed by atoms with Crippen molar-refractivity contribution in [2.75, 3.05) is 6.54 Å². The van der Waals surface area contributed by atoms with Crippen molar-refractivity contribution in [1.29, 1.82) is 0 Å². The van der Waals surface area contributed by atoms with Gasteiger partial charge in [0, 0.05) is 12.6 Å². The third-order valence-electron chi connectivity index (χ3n) is 3.87. The van der Waals surface area contributed by atoms with Crippen LogP contribution in [0.4, 0.5) is 0 Å². The summed E-state index contributed by atoms with van der Waals surface area (Å²) in [5.74, 6) is 0.699. The number of sulfonamides is 1. The molecule has 3 rings (SSSR count). The monoisotopic (exact) mass is 306 g/mol. The zero-order chi connectivity index (χ0) is 15.0. The number of hydrogen-bond donors (Lipinski definition) is 0. The van der Waals surface area contributed by atoms with Crippen molar-refractivity contribution in [2.24, 2.45) is 0 Å². The van der Waals surface area contributed by atoms with Crippen molar-refractivity contribution in [2.45, 2.75) is 37.6 Å². The Morgan fingerprint density at radius 2 is 2.05 bits per heavy atom. The van der Waals surface area contributed by atoms with Crippen molar-refractivity contribution in [3.63, 3.8) is 0 Å². The second-order valence-corrected chi connectivity index (χ2v) is 7.26. The molecule has 1 saturated heterocycles. The molecule has 1 fully saturated rings. The van der Waals surface area contributed by atoms with Crippen LogP contribution in [0.5, 0.6) is 0 Å². The van der Waals surface area contributed by atoms with E-state index in [1.165, 1.54) is 0 Å². The van der Waals surface area contributed by atoms with E-state index < -0.39 is 10.0 Å². The standard InChI is InChI=1S/C15H18N2O3S/c1-11-6-3-4-8-15(11)21(18,19)17-9-5-7-14(17)13-10-12(2)20-16-13/h3-4,6,8,10,14H,5,7,9H2,1-2H3/t14-/m1/s1. The maximum absolute atomic E-state index is 12.9. The molecule has 0 saturated carbocycles. The molecule has 2 heterocycles. The van der Waals surface area contributed by atoms with Crippen molar-refractivity contribution in [3.8, 4) is 0 Å². The molecule has 2 aromatic rings. The third kappa shape index (κ3) is 2.49. The van der Waals surface area contributed by atoms with Gasteiger partial charge in [0.25, 0.3) is 0 Å². The largest absolute Gasteiger partial charge is 0.361 e. The summed E-state index contributed by atoms with van der Waals surface area (Å²) in [6, 6.07) is 8.66. The first-order chi connectivity index (χ1) is 10.00. The molecule has 1 aromatic carbocycles. The fraction of sp³-hybridized carbons (Fsp3) is 0.400. The summed E-state index contributed by atoms with van der Waals surface area (Å²) < 4.78 is 32.5. The van der Waals surface area contributed by atoms with Crippen LogP contribution in [0.15, 0.2) is 39.8 Å². The van der Waals surface area contributed by atoms with Gasteiger partial charge in [-0.2, -0.15) is 4.31 Å². The second kappa shape index (κ2) is 5.27. The minimum Gasteiger partial charge on any atom is -0.361 e. The summed E-state index contributed by atoms with van der Waals surface area (Å²) in [7, 11) is -3.51. The van der Waals surface area contributed by atoms with Gasteiger partial charge in [-0.15, -0.1) is 0 Å². The van der Waals surface area contributed by atoms with Gasteiger partial charge in [0.15, 0.2) is 0 Å². The quantitative estimate of drug-likeness (QED) is 0.874. The second-order valence-electron chi connectivity index (χ2n) is 5.40. The lowest BCUT2D eigenvalue weighted by Crippen LogP contribution is -2.31. The van der Waals surface area contributed by atoms with Crippen LogP contribution < -0.4 is 0 Å². The molecule has 1 aliphatic heterocycles. The number of aromatic nitrogens is 1. The van der Waals surface area contributed by atoms with Crippen LogP contribution in [0.1, 0.15) is 35.9 Å². The lowest BCUT2D eigenvalue weighted by atomic mass is 10.1.